The average Bonchev–Trinajstić information content (AvgIpc) is 2.68. The van der Waals surface area contributed by atoms with Gasteiger partial charge >= 0.3 is 6.18 Å². The predicted molar refractivity (Wildman–Crippen MR) is 104 cm³/mol. The molecule has 2 heterocycles. The van der Waals surface area contributed by atoms with Crippen LogP contribution in [0.4, 0.5) is 19.0 Å². The van der Waals surface area contributed by atoms with Gasteiger partial charge in [-0.1, -0.05) is 36.4 Å². The summed E-state index contributed by atoms with van der Waals surface area (Å²) >= 11 is 0. The third kappa shape index (κ3) is 3.80. The third-order valence-electron chi connectivity index (χ3n) is 5.14. The summed E-state index contributed by atoms with van der Waals surface area (Å²) in [5.41, 5.74) is 0.518. The van der Waals surface area contributed by atoms with Crippen LogP contribution in [0.3, 0.4) is 0 Å². The van der Waals surface area contributed by atoms with E-state index >= 15 is 0 Å². The summed E-state index contributed by atoms with van der Waals surface area (Å²) in [5.74, 6) is 0.714. The Morgan fingerprint density at radius 1 is 1.00 bits per heavy atom. The zero-order chi connectivity index (χ0) is 19.7. The molecule has 1 atom stereocenters. The Hall–Kier alpha value is -2.67. The third-order valence-corrected chi connectivity index (χ3v) is 5.14. The fourth-order valence-corrected chi connectivity index (χ4v) is 3.72. The number of likely N-dealkylation sites (tertiary alicyclic amines) is 1. The molecule has 0 bridgehead atoms. The quantitative estimate of drug-likeness (QED) is 0.701. The fourth-order valence-electron chi connectivity index (χ4n) is 3.72. The van der Waals surface area contributed by atoms with Crippen molar-refractivity contribution < 1.29 is 13.2 Å². The lowest BCUT2D eigenvalue weighted by Gasteiger charge is -2.30. The van der Waals surface area contributed by atoms with Crippen molar-refractivity contribution in [3.63, 3.8) is 0 Å². The normalized spacial score (nSPS) is 18.4. The molecule has 4 rings (SSSR count). The van der Waals surface area contributed by atoms with Crippen LogP contribution in [-0.2, 0) is 6.18 Å². The number of rotatable bonds is 3. The molecule has 0 saturated carbocycles. The number of nitrogens with one attached hydrogen (secondary N) is 1. The first-order chi connectivity index (χ1) is 13.4. The number of hydrogen-bond acceptors (Lipinski definition) is 4. The summed E-state index contributed by atoms with van der Waals surface area (Å²) in [6, 6.07) is 13.1. The summed E-state index contributed by atoms with van der Waals surface area (Å²) in [5, 5.41) is 14.0. The average molecular weight is 386 g/mol. The maximum absolute atomic E-state index is 12.8. The smallest absolute Gasteiger partial charge is 0.364 e. The Morgan fingerprint density at radius 2 is 1.71 bits per heavy atom. The molecular weight excluding hydrogens is 365 g/mol. The minimum absolute atomic E-state index is 0.299. The van der Waals surface area contributed by atoms with E-state index < -0.39 is 11.7 Å². The van der Waals surface area contributed by atoms with Crippen molar-refractivity contribution in [3.8, 4) is 11.3 Å². The predicted octanol–water partition coefficient (Wildman–Crippen LogP) is 4.82. The van der Waals surface area contributed by atoms with E-state index in [2.05, 4.69) is 27.5 Å². The van der Waals surface area contributed by atoms with E-state index in [4.69, 9.17) is 0 Å². The molecule has 28 heavy (non-hydrogen) atoms. The SMILES string of the molecule is CN1CCCC(Nc2nnc(-c3ccc(C(F)(F)F)cc3)c3ccccc23)C1. The summed E-state index contributed by atoms with van der Waals surface area (Å²) in [7, 11) is 2.10. The van der Waals surface area contributed by atoms with Gasteiger partial charge in [0.2, 0.25) is 0 Å². The molecule has 0 radical (unpaired) electrons. The molecule has 1 unspecified atom stereocenters. The van der Waals surface area contributed by atoms with Gasteiger partial charge in [0.15, 0.2) is 5.82 Å². The molecule has 1 saturated heterocycles. The van der Waals surface area contributed by atoms with Gasteiger partial charge in [-0.15, -0.1) is 10.2 Å². The molecule has 1 aliphatic rings. The molecule has 4 nitrogen and oxygen atoms in total. The van der Waals surface area contributed by atoms with Gasteiger partial charge in [0.05, 0.1) is 5.56 Å². The summed E-state index contributed by atoms with van der Waals surface area (Å²) in [6.45, 7) is 2.04. The highest BCUT2D eigenvalue weighted by atomic mass is 19.4. The van der Waals surface area contributed by atoms with Gasteiger partial charge in [0.25, 0.3) is 0 Å². The Kier molecular flexibility index (Phi) is 4.93. The lowest BCUT2D eigenvalue weighted by molar-refractivity contribution is -0.137. The number of aromatic nitrogens is 2. The van der Waals surface area contributed by atoms with Gasteiger partial charge in [-0.25, -0.2) is 0 Å². The maximum atomic E-state index is 12.8. The maximum Gasteiger partial charge on any atom is 0.416 e. The number of benzene rings is 2. The van der Waals surface area contributed by atoms with Crippen LogP contribution in [0.5, 0.6) is 0 Å². The van der Waals surface area contributed by atoms with Crippen LogP contribution in [0, 0.1) is 0 Å². The Morgan fingerprint density at radius 3 is 2.39 bits per heavy atom. The first-order valence-electron chi connectivity index (χ1n) is 9.30. The molecule has 0 amide bonds. The zero-order valence-corrected chi connectivity index (χ0v) is 15.5. The number of piperidine rings is 1. The van der Waals surface area contributed by atoms with Crippen LogP contribution in [0.2, 0.25) is 0 Å². The van der Waals surface area contributed by atoms with E-state index in [-0.39, 0.29) is 0 Å². The molecule has 0 spiro atoms. The molecule has 1 fully saturated rings. The van der Waals surface area contributed by atoms with Crippen LogP contribution in [-0.4, -0.2) is 41.3 Å². The van der Waals surface area contributed by atoms with Crippen molar-refractivity contribution in [2.24, 2.45) is 0 Å². The van der Waals surface area contributed by atoms with E-state index in [1.54, 1.807) is 0 Å². The Bertz CT molecular complexity index is 970. The van der Waals surface area contributed by atoms with Gasteiger partial charge in [0, 0.05) is 28.9 Å². The van der Waals surface area contributed by atoms with E-state index in [0.717, 1.165) is 48.8 Å². The second-order valence-electron chi connectivity index (χ2n) is 7.26. The summed E-state index contributed by atoms with van der Waals surface area (Å²) < 4.78 is 38.5. The van der Waals surface area contributed by atoms with Crippen molar-refractivity contribution in [2.75, 3.05) is 25.5 Å². The highest BCUT2D eigenvalue weighted by Gasteiger charge is 2.30. The highest BCUT2D eigenvalue weighted by Crippen LogP contribution is 2.33. The molecule has 1 N–H and O–H groups in total. The van der Waals surface area contributed by atoms with E-state index in [9.17, 15) is 13.2 Å². The Labute approximate surface area is 161 Å². The number of nitrogens with zero attached hydrogens (tertiary/aromatic N) is 3. The van der Waals surface area contributed by atoms with Crippen molar-refractivity contribution in [2.45, 2.75) is 25.1 Å². The number of likely N-dealkylation sites (N-methyl/N-ethyl adjacent to an activating group) is 1. The van der Waals surface area contributed by atoms with Crippen molar-refractivity contribution in [1.29, 1.82) is 0 Å². The minimum Gasteiger partial charge on any atom is -0.364 e. The highest BCUT2D eigenvalue weighted by molar-refractivity contribution is 6.00. The lowest BCUT2D eigenvalue weighted by atomic mass is 10.0. The monoisotopic (exact) mass is 386 g/mol. The number of alkyl halides is 3. The van der Waals surface area contributed by atoms with E-state index in [0.29, 0.717) is 23.1 Å². The number of hydrogen-bond donors (Lipinski definition) is 1. The van der Waals surface area contributed by atoms with Crippen molar-refractivity contribution >= 4 is 16.6 Å². The molecule has 1 aromatic heterocycles. The number of anilines is 1. The minimum atomic E-state index is -4.35. The number of halogens is 3. The van der Waals surface area contributed by atoms with Crippen LogP contribution in [0.15, 0.2) is 48.5 Å². The fraction of sp³-hybridized carbons (Fsp3) is 0.333. The van der Waals surface area contributed by atoms with Gasteiger partial charge in [-0.2, -0.15) is 13.2 Å². The molecular formula is C21H21F3N4. The molecule has 146 valence electrons. The van der Waals surface area contributed by atoms with Crippen LogP contribution < -0.4 is 5.32 Å². The van der Waals surface area contributed by atoms with E-state index in [1.807, 2.05) is 24.3 Å². The standard InChI is InChI=1S/C21H21F3N4/c1-28-12-4-5-16(13-28)25-20-18-7-3-2-6-17(18)19(26-27-20)14-8-10-15(11-9-14)21(22,23)24/h2-3,6-11,16H,4-5,12-13H2,1H3,(H,25,27). The van der Waals surface area contributed by atoms with Crippen LogP contribution >= 0.6 is 0 Å². The van der Waals surface area contributed by atoms with Crippen molar-refractivity contribution in [3.05, 3.63) is 54.1 Å². The van der Waals surface area contributed by atoms with Gasteiger partial charge < -0.3 is 10.2 Å². The summed E-state index contributed by atoms with van der Waals surface area (Å²) in [4.78, 5) is 2.29. The molecule has 0 aliphatic carbocycles. The molecule has 7 heteroatoms. The zero-order valence-electron chi connectivity index (χ0n) is 15.5. The number of fused-ring (bicyclic) bond motifs is 1. The Balaban J connectivity index is 1.69. The van der Waals surface area contributed by atoms with Crippen LogP contribution in [0.1, 0.15) is 18.4 Å². The second-order valence-corrected chi connectivity index (χ2v) is 7.26. The van der Waals surface area contributed by atoms with Gasteiger partial charge in [-0.05, 0) is 38.6 Å². The summed E-state index contributed by atoms with van der Waals surface area (Å²) in [6.07, 6.45) is -2.16. The topological polar surface area (TPSA) is 41.0 Å². The first-order valence-corrected chi connectivity index (χ1v) is 9.30. The molecule has 3 aromatic rings. The molecule has 1 aliphatic heterocycles. The molecule has 2 aromatic carbocycles. The van der Waals surface area contributed by atoms with Crippen molar-refractivity contribution in [1.82, 2.24) is 15.1 Å². The van der Waals surface area contributed by atoms with Gasteiger partial charge in [0.1, 0.15) is 5.69 Å². The largest absolute Gasteiger partial charge is 0.416 e. The lowest BCUT2D eigenvalue weighted by Crippen LogP contribution is -2.40. The second kappa shape index (κ2) is 7.39. The van der Waals surface area contributed by atoms with Gasteiger partial charge in [-0.3, -0.25) is 0 Å². The first kappa shape index (κ1) is 18.7. The van der Waals surface area contributed by atoms with E-state index in [1.165, 1.54) is 12.1 Å². The van der Waals surface area contributed by atoms with Crippen LogP contribution in [0.25, 0.3) is 22.0 Å².